The molecule has 0 saturated carbocycles. The van der Waals surface area contributed by atoms with E-state index in [9.17, 15) is 0 Å². The van der Waals surface area contributed by atoms with Gasteiger partial charge in [0.2, 0.25) is 0 Å². The molecule has 1 aliphatic heterocycles. The van der Waals surface area contributed by atoms with Crippen LogP contribution in [0.3, 0.4) is 0 Å². The van der Waals surface area contributed by atoms with Crippen LogP contribution in [0.4, 0.5) is 0 Å². The smallest absolute Gasteiger partial charge is 0.0630 e. The highest BCUT2D eigenvalue weighted by atomic mass is 32.1. The lowest BCUT2D eigenvalue weighted by Gasteiger charge is -2.24. The molecule has 8 heavy (non-hydrogen) atoms. The third kappa shape index (κ3) is 1.85. The van der Waals surface area contributed by atoms with Gasteiger partial charge in [0.15, 0.2) is 0 Å². The monoisotopic (exact) mass is 150 g/mol. The molecule has 1 fully saturated rings. The summed E-state index contributed by atoms with van der Waals surface area (Å²) in [4.78, 5) is 0. The lowest BCUT2D eigenvalue weighted by Crippen LogP contribution is -2.49. The first kappa shape index (κ1) is 6.74. The van der Waals surface area contributed by atoms with E-state index < -0.39 is 0 Å². The Morgan fingerprint density at radius 2 is 1.38 bits per heavy atom. The Kier molecular flexibility index (Phi) is 2.49. The molecule has 1 saturated heterocycles. The summed E-state index contributed by atoms with van der Waals surface area (Å²) < 4.78 is 0. The van der Waals surface area contributed by atoms with Crippen molar-refractivity contribution < 1.29 is 0 Å². The minimum atomic E-state index is 0.304. The molecule has 0 spiro atoms. The second kappa shape index (κ2) is 2.96. The Bertz CT molecular complexity index is 60.4. The van der Waals surface area contributed by atoms with Gasteiger partial charge in [-0.1, -0.05) is 0 Å². The molecule has 2 unspecified atom stereocenters. The van der Waals surface area contributed by atoms with Gasteiger partial charge in [-0.3, -0.25) is 0 Å². The van der Waals surface area contributed by atoms with Gasteiger partial charge in [-0.05, 0) is 0 Å². The highest BCUT2D eigenvalue weighted by Gasteiger charge is 2.12. The number of hydrogen-bond donors (Lipinski definition) is 4. The average molecular weight is 150 g/mol. The van der Waals surface area contributed by atoms with Gasteiger partial charge in [-0.15, -0.1) is 0 Å². The quantitative estimate of drug-likeness (QED) is 0.356. The van der Waals surface area contributed by atoms with Crippen LogP contribution in [0.2, 0.25) is 0 Å². The molecule has 48 valence electrons. The predicted molar refractivity (Wildman–Crippen MR) is 41.6 cm³/mol. The van der Waals surface area contributed by atoms with E-state index in [1.807, 2.05) is 0 Å². The van der Waals surface area contributed by atoms with Crippen molar-refractivity contribution in [3.63, 3.8) is 0 Å². The third-order valence-corrected chi connectivity index (χ3v) is 1.82. The topological polar surface area (TPSA) is 24.1 Å². The van der Waals surface area contributed by atoms with E-state index in [0.717, 1.165) is 13.1 Å². The Hall–Kier alpha value is 0.620. The average Bonchev–Trinajstić information content (AvgIpc) is 1.77. The largest absolute Gasteiger partial charge is 0.302 e. The van der Waals surface area contributed by atoms with Crippen LogP contribution >= 0.6 is 25.3 Å². The number of piperazine rings is 1. The first-order chi connectivity index (χ1) is 3.79. The van der Waals surface area contributed by atoms with E-state index in [-0.39, 0.29) is 0 Å². The Morgan fingerprint density at radius 3 is 1.62 bits per heavy atom. The van der Waals surface area contributed by atoms with Crippen molar-refractivity contribution in [1.29, 1.82) is 0 Å². The van der Waals surface area contributed by atoms with Crippen molar-refractivity contribution in [2.24, 2.45) is 0 Å². The second-order valence-electron chi connectivity index (χ2n) is 1.85. The van der Waals surface area contributed by atoms with E-state index in [4.69, 9.17) is 0 Å². The Balaban J connectivity index is 2.19. The van der Waals surface area contributed by atoms with Crippen LogP contribution in [-0.4, -0.2) is 23.8 Å². The molecule has 2 nitrogen and oxygen atoms in total. The van der Waals surface area contributed by atoms with Gasteiger partial charge >= 0.3 is 0 Å². The molecule has 1 rings (SSSR count). The van der Waals surface area contributed by atoms with Crippen LogP contribution in [0, 0.1) is 0 Å². The summed E-state index contributed by atoms with van der Waals surface area (Å²) in [5, 5.41) is 6.92. The second-order valence-corrected chi connectivity index (χ2v) is 3.09. The molecule has 0 aromatic rings. The van der Waals surface area contributed by atoms with Crippen molar-refractivity contribution in [2.75, 3.05) is 13.1 Å². The van der Waals surface area contributed by atoms with Gasteiger partial charge < -0.3 is 10.6 Å². The minimum Gasteiger partial charge on any atom is -0.302 e. The summed E-state index contributed by atoms with van der Waals surface area (Å²) in [5.74, 6) is 0. The standard InChI is InChI=1S/C4H10N2S2/c7-3-1-5-4(8)2-6-3/h3-8H,1-2H2. The Labute approximate surface area is 60.2 Å². The molecule has 4 heteroatoms. The van der Waals surface area contributed by atoms with Crippen molar-refractivity contribution >= 4 is 25.3 Å². The van der Waals surface area contributed by atoms with Gasteiger partial charge in [0.25, 0.3) is 0 Å². The van der Waals surface area contributed by atoms with Gasteiger partial charge in [-0.25, -0.2) is 0 Å². The SMILES string of the molecule is SC1CNC(S)CN1. The molecular weight excluding hydrogens is 140 g/mol. The van der Waals surface area contributed by atoms with Crippen molar-refractivity contribution in [3.8, 4) is 0 Å². The van der Waals surface area contributed by atoms with Gasteiger partial charge in [0, 0.05) is 13.1 Å². The fourth-order valence-corrected chi connectivity index (χ4v) is 1.06. The van der Waals surface area contributed by atoms with Crippen LogP contribution in [0.25, 0.3) is 0 Å². The number of nitrogens with one attached hydrogen (secondary N) is 2. The maximum Gasteiger partial charge on any atom is 0.0630 e. The normalized spacial score (nSPS) is 39.8. The third-order valence-electron chi connectivity index (χ3n) is 1.09. The summed E-state index contributed by atoms with van der Waals surface area (Å²) >= 11 is 8.39. The van der Waals surface area contributed by atoms with Crippen LogP contribution < -0.4 is 10.6 Å². The summed E-state index contributed by atoms with van der Waals surface area (Å²) in [7, 11) is 0. The van der Waals surface area contributed by atoms with Crippen molar-refractivity contribution in [3.05, 3.63) is 0 Å². The van der Waals surface area contributed by atoms with E-state index in [1.165, 1.54) is 0 Å². The molecule has 1 heterocycles. The lowest BCUT2D eigenvalue weighted by molar-refractivity contribution is 0.486. The molecular formula is C4H10N2S2. The fraction of sp³-hybridized carbons (Fsp3) is 1.00. The van der Waals surface area contributed by atoms with E-state index in [1.54, 1.807) is 0 Å². The summed E-state index contributed by atoms with van der Waals surface area (Å²) in [6.07, 6.45) is 0. The predicted octanol–water partition coefficient (Wildman–Crippen LogP) is -0.309. The van der Waals surface area contributed by atoms with Gasteiger partial charge in [0.05, 0.1) is 10.7 Å². The zero-order chi connectivity index (χ0) is 5.98. The van der Waals surface area contributed by atoms with Crippen LogP contribution in [-0.2, 0) is 0 Å². The Morgan fingerprint density at radius 1 is 1.00 bits per heavy atom. The number of thiol groups is 2. The molecule has 0 aromatic heterocycles. The first-order valence-electron chi connectivity index (χ1n) is 2.62. The fourth-order valence-electron chi connectivity index (χ4n) is 0.640. The van der Waals surface area contributed by atoms with Crippen LogP contribution in [0.5, 0.6) is 0 Å². The van der Waals surface area contributed by atoms with Crippen molar-refractivity contribution in [1.82, 2.24) is 10.6 Å². The molecule has 0 amide bonds. The highest BCUT2D eigenvalue weighted by Crippen LogP contribution is 1.98. The number of hydrogen-bond acceptors (Lipinski definition) is 4. The summed E-state index contributed by atoms with van der Waals surface area (Å²) in [6.45, 7) is 1.80. The van der Waals surface area contributed by atoms with Gasteiger partial charge in [0.1, 0.15) is 0 Å². The van der Waals surface area contributed by atoms with E-state index in [0.29, 0.717) is 10.7 Å². The minimum absolute atomic E-state index is 0.304. The molecule has 2 atom stereocenters. The molecule has 0 radical (unpaired) electrons. The van der Waals surface area contributed by atoms with Crippen molar-refractivity contribution in [2.45, 2.75) is 10.7 Å². The maximum absolute atomic E-state index is 4.19. The van der Waals surface area contributed by atoms with Crippen LogP contribution in [0.15, 0.2) is 0 Å². The zero-order valence-corrected chi connectivity index (χ0v) is 6.25. The van der Waals surface area contributed by atoms with Gasteiger partial charge in [-0.2, -0.15) is 25.3 Å². The molecule has 2 N–H and O–H groups in total. The lowest BCUT2D eigenvalue weighted by atomic mass is 10.4. The zero-order valence-electron chi connectivity index (χ0n) is 4.46. The van der Waals surface area contributed by atoms with E-state index >= 15 is 0 Å². The summed E-state index contributed by atoms with van der Waals surface area (Å²) in [5.41, 5.74) is 0. The molecule has 0 aromatic carbocycles. The highest BCUT2D eigenvalue weighted by molar-refractivity contribution is 7.81. The maximum atomic E-state index is 4.19. The van der Waals surface area contributed by atoms with E-state index in [2.05, 4.69) is 35.9 Å². The van der Waals surface area contributed by atoms with Crippen LogP contribution in [0.1, 0.15) is 0 Å². The first-order valence-corrected chi connectivity index (χ1v) is 3.65. The number of rotatable bonds is 0. The molecule has 0 aliphatic carbocycles. The summed E-state index contributed by atoms with van der Waals surface area (Å²) in [6, 6.07) is 0. The molecule has 0 bridgehead atoms. The molecule has 1 aliphatic rings.